The van der Waals surface area contributed by atoms with Gasteiger partial charge in [-0.2, -0.15) is 0 Å². The lowest BCUT2D eigenvalue weighted by molar-refractivity contribution is 0.221. The van der Waals surface area contributed by atoms with Crippen LogP contribution in [0.15, 0.2) is 29.3 Å². The van der Waals surface area contributed by atoms with Crippen molar-refractivity contribution in [1.82, 2.24) is 0 Å². The van der Waals surface area contributed by atoms with Crippen LogP contribution in [0.1, 0.15) is 25.0 Å². The summed E-state index contributed by atoms with van der Waals surface area (Å²) in [6.45, 7) is 5.97. The van der Waals surface area contributed by atoms with E-state index in [0.29, 0.717) is 16.8 Å². The molecule has 0 bridgehead atoms. The molecule has 0 amide bonds. The fourth-order valence-corrected chi connectivity index (χ4v) is 1.93. The molecule has 0 aliphatic carbocycles. The third-order valence-electron chi connectivity index (χ3n) is 2.07. The summed E-state index contributed by atoms with van der Waals surface area (Å²) in [5.41, 5.74) is 0.156. The van der Waals surface area contributed by atoms with Crippen LogP contribution in [-0.2, 0) is 0 Å². The molecule has 0 saturated carbocycles. The van der Waals surface area contributed by atoms with Gasteiger partial charge in [0, 0.05) is 5.56 Å². The summed E-state index contributed by atoms with van der Waals surface area (Å²) in [6, 6.07) is 2.81. The van der Waals surface area contributed by atoms with Gasteiger partial charge < -0.3 is 9.84 Å². The molecular weight excluding hydrogens is 275 g/mol. The second-order valence-electron chi connectivity index (χ2n) is 3.30. The first kappa shape index (κ1) is 13.2. The number of hydrogen-bond donors (Lipinski definition) is 1. The molecule has 0 fully saturated rings. The SMILES string of the molecule is C=CC(O)c1c(F)ccc(OCCC)c1Br. The summed E-state index contributed by atoms with van der Waals surface area (Å²) in [7, 11) is 0. The third-order valence-corrected chi connectivity index (χ3v) is 2.89. The van der Waals surface area contributed by atoms with Crippen molar-refractivity contribution in [1.29, 1.82) is 0 Å². The van der Waals surface area contributed by atoms with Crippen LogP contribution in [0.4, 0.5) is 4.39 Å². The monoisotopic (exact) mass is 288 g/mol. The maximum atomic E-state index is 13.5. The molecule has 1 rings (SSSR count). The van der Waals surface area contributed by atoms with E-state index in [1.54, 1.807) is 0 Å². The maximum Gasteiger partial charge on any atom is 0.134 e. The van der Waals surface area contributed by atoms with Crippen LogP contribution >= 0.6 is 15.9 Å². The molecule has 1 aromatic rings. The minimum Gasteiger partial charge on any atom is -0.492 e. The summed E-state index contributed by atoms with van der Waals surface area (Å²) in [4.78, 5) is 0. The van der Waals surface area contributed by atoms with E-state index < -0.39 is 11.9 Å². The van der Waals surface area contributed by atoms with Crippen molar-refractivity contribution in [3.05, 3.63) is 40.6 Å². The molecule has 1 aromatic carbocycles. The Balaban J connectivity index is 3.10. The summed E-state index contributed by atoms with van der Waals surface area (Å²) in [5.74, 6) is 0.0438. The third kappa shape index (κ3) is 2.83. The van der Waals surface area contributed by atoms with Gasteiger partial charge in [0.25, 0.3) is 0 Å². The first-order valence-electron chi connectivity index (χ1n) is 5.03. The second-order valence-corrected chi connectivity index (χ2v) is 4.10. The number of aliphatic hydroxyl groups excluding tert-OH is 1. The quantitative estimate of drug-likeness (QED) is 0.839. The first-order valence-corrected chi connectivity index (χ1v) is 5.82. The fourth-order valence-electron chi connectivity index (χ4n) is 1.26. The molecule has 0 aliphatic rings. The molecule has 1 atom stereocenters. The van der Waals surface area contributed by atoms with Gasteiger partial charge >= 0.3 is 0 Å². The Morgan fingerprint density at radius 2 is 2.31 bits per heavy atom. The highest BCUT2D eigenvalue weighted by Gasteiger charge is 2.17. The molecule has 0 saturated heterocycles. The predicted molar refractivity (Wildman–Crippen MR) is 65.0 cm³/mol. The zero-order valence-electron chi connectivity index (χ0n) is 9.04. The van der Waals surface area contributed by atoms with Crippen LogP contribution in [0.2, 0.25) is 0 Å². The number of benzene rings is 1. The molecule has 0 spiro atoms. The van der Waals surface area contributed by atoms with Crippen molar-refractivity contribution in [2.75, 3.05) is 6.61 Å². The van der Waals surface area contributed by atoms with Crippen LogP contribution < -0.4 is 4.74 Å². The number of aliphatic hydroxyl groups is 1. The lowest BCUT2D eigenvalue weighted by Gasteiger charge is -2.14. The molecule has 0 heterocycles. The van der Waals surface area contributed by atoms with Crippen LogP contribution in [0, 0.1) is 5.82 Å². The Morgan fingerprint density at radius 1 is 1.62 bits per heavy atom. The van der Waals surface area contributed by atoms with Gasteiger partial charge in [0.1, 0.15) is 17.7 Å². The average Bonchev–Trinajstić information content (AvgIpc) is 2.28. The molecule has 0 aromatic heterocycles. The van der Waals surface area contributed by atoms with Crippen molar-refractivity contribution < 1.29 is 14.2 Å². The number of rotatable bonds is 5. The lowest BCUT2D eigenvalue weighted by Crippen LogP contribution is -2.02. The van der Waals surface area contributed by atoms with E-state index in [1.807, 2.05) is 6.92 Å². The summed E-state index contributed by atoms with van der Waals surface area (Å²) in [6.07, 6.45) is 1.09. The Labute approximate surface area is 103 Å². The standard InChI is InChI=1S/C12H14BrFO2/c1-3-7-16-10-6-5-8(14)11(12(10)13)9(15)4-2/h4-6,9,15H,2-3,7H2,1H3. The van der Waals surface area contributed by atoms with Crippen molar-refractivity contribution in [2.24, 2.45) is 0 Å². The molecule has 16 heavy (non-hydrogen) atoms. The highest BCUT2D eigenvalue weighted by Crippen LogP contribution is 2.34. The minimum absolute atomic E-state index is 0.156. The van der Waals surface area contributed by atoms with Crippen molar-refractivity contribution >= 4 is 15.9 Å². The molecule has 1 N–H and O–H groups in total. The van der Waals surface area contributed by atoms with Gasteiger partial charge in [0.2, 0.25) is 0 Å². The molecule has 0 radical (unpaired) electrons. The van der Waals surface area contributed by atoms with Gasteiger partial charge in [0.05, 0.1) is 11.1 Å². The summed E-state index contributed by atoms with van der Waals surface area (Å²) < 4.78 is 19.4. The van der Waals surface area contributed by atoms with Gasteiger partial charge in [-0.15, -0.1) is 6.58 Å². The highest BCUT2D eigenvalue weighted by molar-refractivity contribution is 9.10. The van der Waals surface area contributed by atoms with E-state index in [1.165, 1.54) is 18.2 Å². The predicted octanol–water partition coefficient (Wildman–Crippen LogP) is 3.60. The summed E-state index contributed by atoms with van der Waals surface area (Å²) >= 11 is 3.23. The minimum atomic E-state index is -1.04. The Morgan fingerprint density at radius 3 is 2.88 bits per heavy atom. The Hall–Kier alpha value is -0.870. The molecule has 2 nitrogen and oxygen atoms in total. The molecular formula is C12H14BrFO2. The molecule has 88 valence electrons. The van der Waals surface area contributed by atoms with E-state index in [4.69, 9.17) is 4.74 Å². The Kier molecular flexibility index (Phi) is 4.96. The van der Waals surface area contributed by atoms with Crippen LogP contribution in [0.5, 0.6) is 5.75 Å². The molecule has 1 unspecified atom stereocenters. The van der Waals surface area contributed by atoms with Gasteiger partial charge in [0.15, 0.2) is 0 Å². The van der Waals surface area contributed by atoms with Gasteiger partial charge in [-0.1, -0.05) is 13.0 Å². The lowest BCUT2D eigenvalue weighted by atomic mass is 10.1. The Bertz CT molecular complexity index is 380. The number of ether oxygens (including phenoxy) is 1. The van der Waals surface area contributed by atoms with Crippen molar-refractivity contribution in [3.63, 3.8) is 0 Å². The normalized spacial score (nSPS) is 12.2. The smallest absolute Gasteiger partial charge is 0.134 e. The van der Waals surface area contributed by atoms with E-state index in [9.17, 15) is 9.50 Å². The fraction of sp³-hybridized carbons (Fsp3) is 0.333. The zero-order chi connectivity index (χ0) is 12.1. The molecule has 4 heteroatoms. The average molecular weight is 289 g/mol. The van der Waals surface area contributed by atoms with Crippen LogP contribution in [-0.4, -0.2) is 11.7 Å². The zero-order valence-corrected chi connectivity index (χ0v) is 10.6. The van der Waals surface area contributed by atoms with Gasteiger partial charge in [-0.05, 0) is 34.5 Å². The van der Waals surface area contributed by atoms with Gasteiger partial charge in [-0.25, -0.2) is 4.39 Å². The maximum absolute atomic E-state index is 13.5. The second kappa shape index (κ2) is 6.01. The van der Waals surface area contributed by atoms with E-state index in [-0.39, 0.29) is 5.56 Å². The summed E-state index contributed by atoms with van der Waals surface area (Å²) in [5, 5.41) is 9.60. The van der Waals surface area contributed by atoms with E-state index >= 15 is 0 Å². The highest BCUT2D eigenvalue weighted by atomic mass is 79.9. The van der Waals surface area contributed by atoms with Gasteiger partial charge in [-0.3, -0.25) is 0 Å². The number of hydrogen-bond acceptors (Lipinski definition) is 2. The molecule has 0 aliphatic heterocycles. The van der Waals surface area contributed by atoms with Crippen LogP contribution in [0.25, 0.3) is 0 Å². The first-order chi connectivity index (χ1) is 7.61. The van der Waals surface area contributed by atoms with E-state index in [2.05, 4.69) is 22.5 Å². The van der Waals surface area contributed by atoms with E-state index in [0.717, 1.165) is 6.42 Å². The van der Waals surface area contributed by atoms with Crippen molar-refractivity contribution in [2.45, 2.75) is 19.4 Å². The number of halogens is 2. The van der Waals surface area contributed by atoms with Crippen LogP contribution in [0.3, 0.4) is 0 Å². The topological polar surface area (TPSA) is 29.5 Å². The van der Waals surface area contributed by atoms with Crippen molar-refractivity contribution in [3.8, 4) is 5.75 Å². The largest absolute Gasteiger partial charge is 0.492 e.